The minimum Gasteiger partial charge on any atom is -0.477 e. The second-order valence-corrected chi connectivity index (χ2v) is 3.21. The summed E-state index contributed by atoms with van der Waals surface area (Å²) in [6.07, 6.45) is -4.07. The van der Waals surface area contributed by atoms with Gasteiger partial charge in [0.1, 0.15) is 17.8 Å². The van der Waals surface area contributed by atoms with E-state index in [1.807, 2.05) is 0 Å². The van der Waals surface area contributed by atoms with Crippen LogP contribution in [0.15, 0.2) is 18.5 Å². The molecule has 2 rings (SSSR count). The second-order valence-electron chi connectivity index (χ2n) is 3.21. The van der Waals surface area contributed by atoms with E-state index in [0.717, 1.165) is 0 Å². The summed E-state index contributed by atoms with van der Waals surface area (Å²) in [7, 11) is 0. The van der Waals surface area contributed by atoms with Crippen molar-refractivity contribution in [2.45, 2.75) is 6.18 Å². The molecule has 2 heterocycles. The average Bonchev–Trinajstić information content (AvgIpc) is 2.58. The molecule has 8 heteroatoms. The molecule has 0 radical (unpaired) electrons. The van der Waals surface area contributed by atoms with Crippen LogP contribution in [-0.4, -0.2) is 20.5 Å². The van der Waals surface area contributed by atoms with Crippen molar-refractivity contribution in [2.75, 3.05) is 0 Å². The minimum absolute atomic E-state index is 0.586. The van der Waals surface area contributed by atoms with Gasteiger partial charge in [0.2, 0.25) is 0 Å². The number of imidazole rings is 1. The molecule has 0 aliphatic heterocycles. The van der Waals surface area contributed by atoms with Gasteiger partial charge in [-0.25, -0.2) is 14.2 Å². The van der Waals surface area contributed by atoms with Gasteiger partial charge in [-0.15, -0.1) is 0 Å². The summed E-state index contributed by atoms with van der Waals surface area (Å²) >= 11 is 0. The lowest BCUT2D eigenvalue weighted by molar-refractivity contribution is -0.139. The lowest BCUT2D eigenvalue weighted by Gasteiger charge is -2.05. The Morgan fingerprint density at radius 3 is 2.53 bits per heavy atom. The number of carboxylic acids is 1. The zero-order valence-corrected chi connectivity index (χ0v) is 7.99. The highest BCUT2D eigenvalue weighted by Crippen LogP contribution is 2.31. The molecule has 1 N–H and O–H groups in total. The molecule has 0 unspecified atom stereocenters. The predicted molar refractivity (Wildman–Crippen MR) is 47.1 cm³/mol. The fraction of sp³-hybridized carbons (Fsp3) is 0.111. The topological polar surface area (TPSA) is 54.6 Å². The SMILES string of the molecule is O=C(O)c1cc(F)cc2c(C(F)(F)F)ncn12. The van der Waals surface area contributed by atoms with Crippen LogP contribution in [0.1, 0.15) is 16.2 Å². The summed E-state index contributed by atoms with van der Waals surface area (Å²) in [6, 6.07) is 1.21. The second kappa shape index (κ2) is 3.44. The van der Waals surface area contributed by atoms with Crippen molar-refractivity contribution in [3.05, 3.63) is 35.7 Å². The third-order valence-corrected chi connectivity index (χ3v) is 2.10. The van der Waals surface area contributed by atoms with E-state index in [0.29, 0.717) is 22.9 Å². The summed E-state index contributed by atoms with van der Waals surface area (Å²) in [4.78, 5) is 13.8. The highest BCUT2D eigenvalue weighted by Gasteiger charge is 2.36. The van der Waals surface area contributed by atoms with Gasteiger partial charge >= 0.3 is 12.1 Å². The van der Waals surface area contributed by atoms with Crippen LogP contribution in [0.5, 0.6) is 0 Å². The fourth-order valence-electron chi connectivity index (χ4n) is 1.44. The first-order valence-corrected chi connectivity index (χ1v) is 4.28. The van der Waals surface area contributed by atoms with Crippen molar-refractivity contribution in [1.29, 1.82) is 0 Å². The van der Waals surface area contributed by atoms with Gasteiger partial charge in [-0.3, -0.25) is 4.40 Å². The molecule has 0 saturated heterocycles. The van der Waals surface area contributed by atoms with Gasteiger partial charge in [0.05, 0.1) is 5.52 Å². The molecular formula is C9H4F4N2O2. The summed E-state index contributed by atoms with van der Waals surface area (Å²) < 4.78 is 51.1. The van der Waals surface area contributed by atoms with Crippen LogP contribution >= 0.6 is 0 Å². The number of halogens is 4. The molecule has 17 heavy (non-hydrogen) atoms. The van der Waals surface area contributed by atoms with E-state index in [-0.39, 0.29) is 0 Å². The number of carboxylic acid groups (broad SMARTS) is 1. The Balaban J connectivity index is 2.83. The normalized spacial score (nSPS) is 12.0. The molecule has 0 amide bonds. The molecule has 0 aliphatic rings. The Kier molecular flexibility index (Phi) is 2.30. The van der Waals surface area contributed by atoms with Crippen molar-refractivity contribution >= 4 is 11.5 Å². The van der Waals surface area contributed by atoms with E-state index in [2.05, 4.69) is 4.98 Å². The third-order valence-electron chi connectivity index (χ3n) is 2.10. The van der Waals surface area contributed by atoms with Gasteiger partial charge in [0.25, 0.3) is 0 Å². The Morgan fingerprint density at radius 1 is 1.35 bits per heavy atom. The standard InChI is InChI=1S/C9H4F4N2O2/c10-4-1-5-7(9(11,12)13)14-3-15(5)6(2-4)8(16)17/h1-3H,(H,16,17). The van der Waals surface area contributed by atoms with Gasteiger partial charge in [-0.1, -0.05) is 0 Å². The Labute approximate surface area is 91.1 Å². The van der Waals surface area contributed by atoms with Crippen LogP contribution in [0.3, 0.4) is 0 Å². The number of nitrogens with zero attached hydrogens (tertiary/aromatic N) is 2. The first-order chi connectivity index (χ1) is 7.80. The molecule has 2 aromatic heterocycles. The van der Waals surface area contributed by atoms with Crippen molar-refractivity contribution < 1.29 is 27.5 Å². The van der Waals surface area contributed by atoms with Crippen LogP contribution in [0.2, 0.25) is 0 Å². The quantitative estimate of drug-likeness (QED) is 0.787. The van der Waals surface area contributed by atoms with Gasteiger partial charge in [0.15, 0.2) is 5.69 Å². The monoisotopic (exact) mass is 248 g/mol. The molecule has 0 bridgehead atoms. The number of hydrogen-bond donors (Lipinski definition) is 1. The third kappa shape index (κ3) is 1.81. The number of rotatable bonds is 1. The highest BCUT2D eigenvalue weighted by atomic mass is 19.4. The molecule has 2 aromatic rings. The van der Waals surface area contributed by atoms with E-state index in [4.69, 9.17) is 5.11 Å². The number of hydrogen-bond acceptors (Lipinski definition) is 2. The molecule has 0 spiro atoms. The number of aromatic nitrogens is 2. The number of pyridine rings is 1. The maximum Gasteiger partial charge on any atom is 0.435 e. The van der Waals surface area contributed by atoms with Crippen LogP contribution in [0, 0.1) is 5.82 Å². The number of alkyl halides is 3. The van der Waals surface area contributed by atoms with Crippen LogP contribution in [0.25, 0.3) is 5.52 Å². The molecule has 0 fully saturated rings. The van der Waals surface area contributed by atoms with E-state index in [1.54, 1.807) is 0 Å². The first kappa shape index (κ1) is 11.4. The molecule has 0 aliphatic carbocycles. The van der Waals surface area contributed by atoms with Crippen molar-refractivity contribution in [2.24, 2.45) is 0 Å². The largest absolute Gasteiger partial charge is 0.477 e. The molecule has 0 saturated carbocycles. The molecule has 0 atom stereocenters. The summed E-state index contributed by atoms with van der Waals surface area (Å²) in [5.41, 5.74) is -2.57. The lowest BCUT2D eigenvalue weighted by atomic mass is 10.2. The molecule has 4 nitrogen and oxygen atoms in total. The molecular weight excluding hydrogens is 244 g/mol. The summed E-state index contributed by atoms with van der Waals surface area (Å²) in [5.74, 6) is -2.61. The van der Waals surface area contributed by atoms with Gasteiger partial charge < -0.3 is 5.11 Å². The maximum atomic E-state index is 13.0. The van der Waals surface area contributed by atoms with Crippen LogP contribution in [-0.2, 0) is 6.18 Å². The lowest BCUT2D eigenvalue weighted by Crippen LogP contribution is -2.08. The Bertz CT molecular complexity index is 603. The smallest absolute Gasteiger partial charge is 0.435 e. The van der Waals surface area contributed by atoms with E-state index >= 15 is 0 Å². The zero-order chi connectivity index (χ0) is 12.8. The highest BCUT2D eigenvalue weighted by molar-refractivity contribution is 5.87. The van der Waals surface area contributed by atoms with Crippen molar-refractivity contribution in [1.82, 2.24) is 9.38 Å². The van der Waals surface area contributed by atoms with E-state index < -0.39 is 34.9 Å². The first-order valence-electron chi connectivity index (χ1n) is 4.28. The maximum absolute atomic E-state index is 13.0. The summed E-state index contributed by atoms with van der Waals surface area (Å²) in [6.45, 7) is 0. The predicted octanol–water partition coefficient (Wildman–Crippen LogP) is 2.19. The van der Waals surface area contributed by atoms with Crippen molar-refractivity contribution in [3.63, 3.8) is 0 Å². The number of fused-ring (bicyclic) bond motifs is 1. The van der Waals surface area contributed by atoms with Gasteiger partial charge in [-0.05, 0) is 0 Å². The number of aromatic carboxylic acids is 1. The Hall–Kier alpha value is -2.12. The zero-order valence-electron chi connectivity index (χ0n) is 7.99. The fourth-order valence-corrected chi connectivity index (χ4v) is 1.44. The average molecular weight is 248 g/mol. The minimum atomic E-state index is -4.77. The summed E-state index contributed by atoms with van der Waals surface area (Å²) in [5, 5.41) is 8.72. The van der Waals surface area contributed by atoms with Crippen LogP contribution in [0.4, 0.5) is 17.6 Å². The van der Waals surface area contributed by atoms with Gasteiger partial charge in [-0.2, -0.15) is 13.2 Å². The Morgan fingerprint density at radius 2 is 2.00 bits per heavy atom. The van der Waals surface area contributed by atoms with Crippen LogP contribution < -0.4 is 0 Å². The molecule has 90 valence electrons. The number of carbonyl (C=O) groups is 1. The van der Waals surface area contributed by atoms with E-state index in [1.165, 1.54) is 0 Å². The van der Waals surface area contributed by atoms with E-state index in [9.17, 15) is 22.4 Å². The molecule has 0 aromatic carbocycles. The van der Waals surface area contributed by atoms with Crippen molar-refractivity contribution in [3.8, 4) is 0 Å². The van der Waals surface area contributed by atoms with Gasteiger partial charge in [0, 0.05) is 12.1 Å².